The minimum atomic E-state index is 0.212. The van der Waals surface area contributed by atoms with Gasteiger partial charge < -0.3 is 19.4 Å². The fourth-order valence-corrected chi connectivity index (χ4v) is 5.00. The van der Waals surface area contributed by atoms with Gasteiger partial charge in [0.1, 0.15) is 0 Å². The van der Waals surface area contributed by atoms with Crippen molar-refractivity contribution >= 4 is 23.2 Å². The van der Waals surface area contributed by atoms with Crippen LogP contribution < -0.4 is 4.90 Å². The fraction of sp³-hybridized carbons (Fsp3) is 0.682. The molecule has 1 aromatic carbocycles. The first-order chi connectivity index (χ1) is 13.6. The Morgan fingerprint density at radius 3 is 2.32 bits per heavy atom. The summed E-state index contributed by atoms with van der Waals surface area (Å²) >= 11 is 6.31. The van der Waals surface area contributed by atoms with Gasteiger partial charge in [0.25, 0.3) is 0 Å². The monoisotopic (exact) mass is 405 g/mol. The van der Waals surface area contributed by atoms with E-state index in [1.54, 1.807) is 0 Å². The van der Waals surface area contributed by atoms with Gasteiger partial charge in [0.15, 0.2) is 0 Å². The Morgan fingerprint density at radius 1 is 1.00 bits per heavy atom. The highest BCUT2D eigenvalue weighted by molar-refractivity contribution is 6.31. The van der Waals surface area contributed by atoms with Gasteiger partial charge in [0.2, 0.25) is 5.91 Å². The molecule has 0 aliphatic carbocycles. The maximum absolute atomic E-state index is 12.7. The largest absolute Gasteiger partial charge is 0.378 e. The summed E-state index contributed by atoms with van der Waals surface area (Å²) in [5.41, 5.74) is 2.37. The Labute approximate surface area is 173 Å². The third-order valence-electron chi connectivity index (χ3n) is 6.70. The number of morpholine rings is 1. The summed E-state index contributed by atoms with van der Waals surface area (Å²) in [7, 11) is 0. The number of halogens is 1. The molecule has 0 atom stereocenters. The molecule has 0 aromatic heterocycles. The van der Waals surface area contributed by atoms with Crippen molar-refractivity contribution in [2.45, 2.75) is 38.6 Å². The second-order valence-corrected chi connectivity index (χ2v) is 8.81. The van der Waals surface area contributed by atoms with E-state index in [-0.39, 0.29) is 5.92 Å². The maximum atomic E-state index is 12.7. The average molecular weight is 406 g/mol. The number of likely N-dealkylation sites (tertiary alicyclic amines) is 1. The molecule has 0 unspecified atom stereocenters. The first-order valence-corrected chi connectivity index (χ1v) is 11.1. The lowest BCUT2D eigenvalue weighted by molar-refractivity contribution is -0.141. The summed E-state index contributed by atoms with van der Waals surface area (Å²) in [4.78, 5) is 19.8. The van der Waals surface area contributed by atoms with E-state index in [4.69, 9.17) is 16.3 Å². The molecule has 1 aromatic rings. The van der Waals surface area contributed by atoms with Crippen molar-refractivity contribution in [2.24, 2.45) is 5.92 Å². The minimum Gasteiger partial charge on any atom is -0.378 e. The Balaban J connectivity index is 1.25. The van der Waals surface area contributed by atoms with Crippen LogP contribution in [0, 0.1) is 12.8 Å². The van der Waals surface area contributed by atoms with E-state index in [0.717, 1.165) is 62.7 Å². The van der Waals surface area contributed by atoms with Gasteiger partial charge in [-0.1, -0.05) is 17.7 Å². The number of anilines is 1. The molecule has 28 heavy (non-hydrogen) atoms. The predicted octanol–water partition coefficient (Wildman–Crippen LogP) is 3.19. The third kappa shape index (κ3) is 4.47. The Kier molecular flexibility index (Phi) is 6.44. The number of nitrogens with zero attached hydrogens (tertiary/aromatic N) is 3. The van der Waals surface area contributed by atoms with Crippen LogP contribution in [-0.4, -0.2) is 74.2 Å². The van der Waals surface area contributed by atoms with E-state index in [1.165, 1.54) is 18.5 Å². The van der Waals surface area contributed by atoms with Gasteiger partial charge in [-0.25, -0.2) is 0 Å². The molecule has 0 N–H and O–H groups in total. The molecular formula is C22H32ClN3O2. The molecule has 154 valence electrons. The molecule has 1 amide bonds. The summed E-state index contributed by atoms with van der Waals surface area (Å²) in [6.45, 7) is 9.23. The van der Waals surface area contributed by atoms with Gasteiger partial charge in [-0.15, -0.1) is 0 Å². The number of benzene rings is 1. The van der Waals surface area contributed by atoms with Gasteiger partial charge in [-0.2, -0.15) is 0 Å². The molecule has 6 heteroatoms. The van der Waals surface area contributed by atoms with Crippen molar-refractivity contribution in [1.82, 2.24) is 9.80 Å². The Bertz CT molecular complexity index is 676. The van der Waals surface area contributed by atoms with Gasteiger partial charge in [-0.05, 0) is 63.4 Å². The van der Waals surface area contributed by atoms with Crippen molar-refractivity contribution < 1.29 is 9.53 Å². The van der Waals surface area contributed by atoms with Crippen LogP contribution in [0.15, 0.2) is 18.2 Å². The SMILES string of the molecule is Cc1ccc(N2CCC(N3CCC(C(=O)N4CCOCC4)CC3)CC2)cc1Cl. The normalized spacial score (nSPS) is 23.2. The number of amides is 1. The van der Waals surface area contributed by atoms with Crippen molar-refractivity contribution in [1.29, 1.82) is 0 Å². The van der Waals surface area contributed by atoms with Crippen LogP contribution in [0.2, 0.25) is 5.02 Å². The quantitative estimate of drug-likeness (QED) is 0.773. The van der Waals surface area contributed by atoms with Crippen molar-refractivity contribution in [3.8, 4) is 0 Å². The number of rotatable bonds is 3. The second-order valence-electron chi connectivity index (χ2n) is 8.40. The van der Waals surface area contributed by atoms with Gasteiger partial charge in [-0.3, -0.25) is 4.79 Å². The molecule has 3 heterocycles. The first kappa shape index (κ1) is 20.0. The molecule has 5 nitrogen and oxygen atoms in total. The van der Waals surface area contributed by atoms with E-state index in [9.17, 15) is 4.79 Å². The van der Waals surface area contributed by atoms with E-state index >= 15 is 0 Å². The minimum absolute atomic E-state index is 0.212. The average Bonchev–Trinajstić information content (AvgIpc) is 2.76. The second kappa shape index (κ2) is 9.02. The zero-order chi connectivity index (χ0) is 19.5. The van der Waals surface area contributed by atoms with Crippen LogP contribution in [0.5, 0.6) is 0 Å². The molecule has 0 spiro atoms. The van der Waals surface area contributed by atoms with Crippen molar-refractivity contribution in [2.75, 3.05) is 57.4 Å². The van der Waals surface area contributed by atoms with Crippen LogP contribution in [0.4, 0.5) is 5.69 Å². The third-order valence-corrected chi connectivity index (χ3v) is 7.11. The lowest BCUT2D eigenvalue weighted by Gasteiger charge is -2.43. The number of hydrogen-bond acceptors (Lipinski definition) is 4. The number of hydrogen-bond donors (Lipinski definition) is 0. The molecule has 3 fully saturated rings. The zero-order valence-electron chi connectivity index (χ0n) is 16.9. The predicted molar refractivity (Wildman–Crippen MR) is 113 cm³/mol. The standard InChI is InChI=1S/C22H32ClN3O2/c1-17-2-3-20(16-21(17)23)25-10-6-19(7-11-25)24-8-4-18(5-9-24)22(27)26-12-14-28-15-13-26/h2-3,16,18-19H,4-15H2,1H3. The van der Waals surface area contributed by atoms with Crippen LogP contribution in [-0.2, 0) is 9.53 Å². The van der Waals surface area contributed by atoms with Crippen LogP contribution in [0.25, 0.3) is 0 Å². The number of carbonyl (C=O) groups is 1. The number of piperidine rings is 2. The highest BCUT2D eigenvalue weighted by Gasteiger charge is 2.33. The zero-order valence-corrected chi connectivity index (χ0v) is 17.7. The summed E-state index contributed by atoms with van der Waals surface area (Å²) in [6, 6.07) is 7.04. The number of ether oxygens (including phenoxy) is 1. The summed E-state index contributed by atoms with van der Waals surface area (Å²) in [5.74, 6) is 0.568. The van der Waals surface area contributed by atoms with Crippen LogP contribution in [0.3, 0.4) is 0 Å². The topological polar surface area (TPSA) is 36.0 Å². The fourth-order valence-electron chi connectivity index (χ4n) is 4.82. The summed E-state index contributed by atoms with van der Waals surface area (Å²) < 4.78 is 5.37. The summed E-state index contributed by atoms with van der Waals surface area (Å²) in [5, 5.41) is 0.853. The highest BCUT2D eigenvalue weighted by Crippen LogP contribution is 2.29. The van der Waals surface area contributed by atoms with Gasteiger partial charge >= 0.3 is 0 Å². The first-order valence-electron chi connectivity index (χ1n) is 10.7. The lowest BCUT2D eigenvalue weighted by Crippen LogP contribution is -2.50. The highest BCUT2D eigenvalue weighted by atomic mass is 35.5. The van der Waals surface area contributed by atoms with Gasteiger partial charge in [0, 0.05) is 48.8 Å². The smallest absolute Gasteiger partial charge is 0.225 e. The lowest BCUT2D eigenvalue weighted by atomic mass is 9.92. The van der Waals surface area contributed by atoms with E-state index in [2.05, 4.69) is 28.0 Å². The van der Waals surface area contributed by atoms with E-state index in [1.807, 2.05) is 11.8 Å². The number of aryl methyl sites for hydroxylation is 1. The Morgan fingerprint density at radius 2 is 1.68 bits per heavy atom. The molecule has 0 saturated carbocycles. The number of carbonyl (C=O) groups excluding carboxylic acids is 1. The Hall–Kier alpha value is -1.30. The van der Waals surface area contributed by atoms with E-state index in [0.29, 0.717) is 25.2 Å². The van der Waals surface area contributed by atoms with Crippen LogP contribution in [0.1, 0.15) is 31.2 Å². The van der Waals surface area contributed by atoms with E-state index < -0.39 is 0 Å². The molecule has 3 aliphatic heterocycles. The van der Waals surface area contributed by atoms with Crippen LogP contribution >= 0.6 is 11.6 Å². The van der Waals surface area contributed by atoms with Crippen molar-refractivity contribution in [3.05, 3.63) is 28.8 Å². The summed E-state index contributed by atoms with van der Waals surface area (Å²) in [6.07, 6.45) is 4.38. The van der Waals surface area contributed by atoms with Crippen molar-refractivity contribution in [3.63, 3.8) is 0 Å². The molecular weight excluding hydrogens is 374 g/mol. The molecule has 4 rings (SSSR count). The van der Waals surface area contributed by atoms with Gasteiger partial charge in [0.05, 0.1) is 13.2 Å². The molecule has 0 bridgehead atoms. The maximum Gasteiger partial charge on any atom is 0.225 e. The molecule has 3 saturated heterocycles. The molecule has 3 aliphatic rings. The molecule has 0 radical (unpaired) electrons.